The Labute approximate surface area is 98.5 Å². The number of nitrogens with two attached hydrogens (primary N) is 1. The molecule has 0 spiro atoms. The first-order valence-electron chi connectivity index (χ1n) is 6.62. The van der Waals surface area contributed by atoms with Crippen molar-refractivity contribution < 1.29 is 4.74 Å². The van der Waals surface area contributed by atoms with E-state index in [4.69, 9.17) is 10.6 Å². The van der Waals surface area contributed by atoms with Gasteiger partial charge in [0.15, 0.2) is 0 Å². The van der Waals surface area contributed by atoms with Gasteiger partial charge in [0.2, 0.25) is 0 Å². The number of morpholine rings is 1. The van der Waals surface area contributed by atoms with Gasteiger partial charge in [-0.15, -0.1) is 0 Å². The van der Waals surface area contributed by atoms with Crippen molar-refractivity contribution in [3.8, 4) is 0 Å². The summed E-state index contributed by atoms with van der Waals surface area (Å²) in [6, 6.07) is 0.424. The van der Waals surface area contributed by atoms with Crippen molar-refractivity contribution >= 4 is 0 Å². The molecule has 0 aromatic carbocycles. The lowest BCUT2D eigenvalue weighted by Gasteiger charge is -2.48. The molecule has 4 nitrogen and oxygen atoms in total. The number of hydrogen-bond donors (Lipinski definition) is 2. The van der Waals surface area contributed by atoms with Gasteiger partial charge in [0.05, 0.1) is 13.2 Å². The maximum atomic E-state index is 5.75. The molecule has 16 heavy (non-hydrogen) atoms. The van der Waals surface area contributed by atoms with Crippen LogP contribution < -0.4 is 11.3 Å². The summed E-state index contributed by atoms with van der Waals surface area (Å²) >= 11 is 0. The van der Waals surface area contributed by atoms with Gasteiger partial charge in [-0.2, -0.15) is 0 Å². The third-order valence-corrected chi connectivity index (χ3v) is 4.37. The highest BCUT2D eigenvalue weighted by Crippen LogP contribution is 2.39. The predicted molar refractivity (Wildman–Crippen MR) is 65.0 cm³/mol. The SMILES string of the molecule is CCC(NN)C1(N2CCOCC2)CCCC1. The van der Waals surface area contributed by atoms with E-state index in [0.717, 1.165) is 32.7 Å². The summed E-state index contributed by atoms with van der Waals surface area (Å²) in [6.45, 7) is 6.12. The van der Waals surface area contributed by atoms with Gasteiger partial charge >= 0.3 is 0 Å². The molecule has 3 N–H and O–H groups in total. The predicted octanol–water partition coefficient (Wildman–Crippen LogP) is 0.873. The number of ether oxygens (including phenoxy) is 1. The van der Waals surface area contributed by atoms with Crippen LogP contribution in [0.1, 0.15) is 39.0 Å². The largest absolute Gasteiger partial charge is 0.379 e. The van der Waals surface area contributed by atoms with Crippen LogP contribution >= 0.6 is 0 Å². The first kappa shape index (κ1) is 12.3. The van der Waals surface area contributed by atoms with E-state index in [1.54, 1.807) is 0 Å². The van der Waals surface area contributed by atoms with Crippen LogP contribution in [-0.4, -0.2) is 42.8 Å². The van der Waals surface area contributed by atoms with Crippen LogP contribution in [0.5, 0.6) is 0 Å². The zero-order valence-corrected chi connectivity index (χ0v) is 10.4. The third kappa shape index (κ3) is 2.12. The van der Waals surface area contributed by atoms with E-state index in [1.165, 1.54) is 25.7 Å². The Morgan fingerprint density at radius 1 is 1.31 bits per heavy atom. The van der Waals surface area contributed by atoms with Crippen LogP contribution in [0.2, 0.25) is 0 Å². The summed E-state index contributed by atoms with van der Waals surface area (Å²) in [5, 5.41) is 0. The minimum atomic E-state index is 0.299. The van der Waals surface area contributed by atoms with Crippen LogP contribution in [0.15, 0.2) is 0 Å². The summed E-state index contributed by atoms with van der Waals surface area (Å²) in [5.74, 6) is 5.75. The summed E-state index contributed by atoms with van der Waals surface area (Å²) < 4.78 is 5.46. The van der Waals surface area contributed by atoms with Gasteiger partial charge in [-0.1, -0.05) is 19.8 Å². The van der Waals surface area contributed by atoms with Gasteiger partial charge in [0, 0.05) is 24.7 Å². The van der Waals surface area contributed by atoms with E-state index >= 15 is 0 Å². The second kappa shape index (κ2) is 5.45. The minimum absolute atomic E-state index is 0.299. The topological polar surface area (TPSA) is 50.5 Å². The van der Waals surface area contributed by atoms with Crippen molar-refractivity contribution in [3.63, 3.8) is 0 Å². The monoisotopic (exact) mass is 227 g/mol. The van der Waals surface area contributed by atoms with Gasteiger partial charge < -0.3 is 4.74 Å². The third-order valence-electron chi connectivity index (χ3n) is 4.37. The number of hydrogen-bond acceptors (Lipinski definition) is 4. The van der Waals surface area contributed by atoms with Crippen molar-refractivity contribution in [1.82, 2.24) is 10.3 Å². The van der Waals surface area contributed by atoms with Crippen molar-refractivity contribution in [2.75, 3.05) is 26.3 Å². The van der Waals surface area contributed by atoms with Gasteiger partial charge in [0.25, 0.3) is 0 Å². The first-order valence-corrected chi connectivity index (χ1v) is 6.62. The van der Waals surface area contributed by atoms with E-state index in [2.05, 4.69) is 17.2 Å². The van der Waals surface area contributed by atoms with E-state index in [0.29, 0.717) is 11.6 Å². The Hall–Kier alpha value is -0.160. The van der Waals surface area contributed by atoms with Gasteiger partial charge in [-0.25, -0.2) is 0 Å². The van der Waals surface area contributed by atoms with Crippen molar-refractivity contribution in [2.45, 2.75) is 50.6 Å². The Morgan fingerprint density at radius 3 is 2.44 bits per heavy atom. The second-order valence-corrected chi connectivity index (χ2v) is 5.04. The molecule has 1 unspecified atom stereocenters. The van der Waals surface area contributed by atoms with Crippen LogP contribution in [-0.2, 0) is 4.74 Å². The zero-order chi connectivity index (χ0) is 11.4. The molecule has 1 aliphatic heterocycles. The molecule has 1 saturated carbocycles. The highest BCUT2D eigenvalue weighted by molar-refractivity contribution is 5.03. The van der Waals surface area contributed by atoms with Gasteiger partial charge in [0.1, 0.15) is 0 Å². The molecule has 2 aliphatic rings. The molecule has 4 heteroatoms. The second-order valence-electron chi connectivity index (χ2n) is 5.04. The number of rotatable bonds is 4. The molecule has 1 aliphatic carbocycles. The molecule has 0 radical (unpaired) electrons. The fraction of sp³-hybridized carbons (Fsp3) is 1.00. The molecule has 1 heterocycles. The molecule has 0 aromatic rings. The van der Waals surface area contributed by atoms with Crippen molar-refractivity contribution in [1.29, 1.82) is 0 Å². The standard InChI is InChI=1S/C12H25N3O/c1-2-11(14-13)12(5-3-4-6-12)15-7-9-16-10-8-15/h11,14H,2-10,13H2,1H3. The average molecular weight is 227 g/mol. The molecular formula is C12H25N3O. The minimum Gasteiger partial charge on any atom is -0.379 e. The Morgan fingerprint density at radius 2 is 1.94 bits per heavy atom. The summed E-state index contributed by atoms with van der Waals surface area (Å²) in [5.41, 5.74) is 3.35. The van der Waals surface area contributed by atoms with E-state index in [9.17, 15) is 0 Å². The lowest BCUT2D eigenvalue weighted by atomic mass is 9.84. The Balaban J connectivity index is 2.12. The van der Waals surface area contributed by atoms with Crippen LogP contribution in [0, 0.1) is 0 Å². The molecule has 0 aromatic heterocycles. The van der Waals surface area contributed by atoms with E-state index < -0.39 is 0 Å². The quantitative estimate of drug-likeness (QED) is 0.553. The average Bonchev–Trinajstić information content (AvgIpc) is 2.82. The maximum Gasteiger partial charge on any atom is 0.0594 e. The summed E-state index contributed by atoms with van der Waals surface area (Å²) in [6.07, 6.45) is 6.37. The van der Waals surface area contributed by atoms with Crippen LogP contribution in [0.25, 0.3) is 0 Å². The van der Waals surface area contributed by atoms with E-state index in [1.807, 2.05) is 0 Å². The first-order chi connectivity index (χ1) is 7.83. The highest BCUT2D eigenvalue weighted by Gasteiger charge is 2.45. The van der Waals surface area contributed by atoms with Crippen LogP contribution in [0.3, 0.4) is 0 Å². The van der Waals surface area contributed by atoms with Crippen LogP contribution in [0.4, 0.5) is 0 Å². The lowest BCUT2D eigenvalue weighted by Crippen LogP contribution is -2.63. The molecule has 2 rings (SSSR count). The molecule has 1 saturated heterocycles. The van der Waals surface area contributed by atoms with Crippen molar-refractivity contribution in [3.05, 3.63) is 0 Å². The molecule has 0 bridgehead atoms. The lowest BCUT2D eigenvalue weighted by molar-refractivity contribution is -0.0362. The maximum absolute atomic E-state index is 5.75. The molecular weight excluding hydrogens is 202 g/mol. The number of nitrogens with zero attached hydrogens (tertiary/aromatic N) is 1. The fourth-order valence-electron chi connectivity index (χ4n) is 3.53. The highest BCUT2D eigenvalue weighted by atomic mass is 16.5. The summed E-state index contributed by atoms with van der Waals surface area (Å²) in [4.78, 5) is 2.62. The Kier molecular flexibility index (Phi) is 4.19. The van der Waals surface area contributed by atoms with E-state index in [-0.39, 0.29) is 0 Å². The molecule has 1 atom stereocenters. The van der Waals surface area contributed by atoms with Gasteiger partial charge in [-0.05, 0) is 19.3 Å². The number of nitrogens with one attached hydrogen (secondary N) is 1. The fourth-order valence-corrected chi connectivity index (χ4v) is 3.53. The zero-order valence-electron chi connectivity index (χ0n) is 10.4. The normalized spacial score (nSPS) is 28.1. The molecule has 2 fully saturated rings. The smallest absolute Gasteiger partial charge is 0.0594 e. The van der Waals surface area contributed by atoms with Gasteiger partial charge in [-0.3, -0.25) is 16.2 Å². The Bertz CT molecular complexity index is 206. The molecule has 94 valence electrons. The summed E-state index contributed by atoms with van der Waals surface area (Å²) in [7, 11) is 0. The molecule has 0 amide bonds. The van der Waals surface area contributed by atoms with Crippen molar-refractivity contribution in [2.24, 2.45) is 5.84 Å². The number of hydrazine groups is 1.